The summed E-state index contributed by atoms with van der Waals surface area (Å²) in [5.41, 5.74) is 4.33. The Labute approximate surface area is 167 Å². The Morgan fingerprint density at radius 1 is 1.11 bits per heavy atom. The van der Waals surface area contributed by atoms with Crippen LogP contribution in [0, 0.1) is 11.8 Å². The van der Waals surface area contributed by atoms with Crippen molar-refractivity contribution in [2.24, 2.45) is 11.8 Å². The molecule has 4 heteroatoms. The summed E-state index contributed by atoms with van der Waals surface area (Å²) in [4.78, 5) is 7.08. The predicted molar refractivity (Wildman–Crippen MR) is 109 cm³/mol. The van der Waals surface area contributed by atoms with Gasteiger partial charge in [-0.15, -0.1) is 0 Å². The number of nitrogens with zero attached hydrogens (tertiary/aromatic N) is 2. The zero-order chi connectivity index (χ0) is 19.1. The van der Waals surface area contributed by atoms with Crippen molar-refractivity contribution in [1.82, 2.24) is 9.88 Å². The molecule has 2 atom stereocenters. The smallest absolute Gasteiger partial charge is 0.123 e. The number of fused-ring (bicyclic) bond motifs is 3. The number of hydrogen-bond donors (Lipinski definition) is 1. The Morgan fingerprint density at radius 3 is 2.54 bits per heavy atom. The summed E-state index contributed by atoms with van der Waals surface area (Å²) >= 11 is 0. The van der Waals surface area contributed by atoms with Gasteiger partial charge in [0.1, 0.15) is 11.4 Å². The standard InChI is InChI=1S/C24H30N2O2/c1-28-22-13-18-7-4-6-17(18)12-19(22)14-26-15-20-8-5-9-21(16-26)24(20,27)23-10-2-3-11-25-23/h2-3,10-13,20-21,27H,4-9,14-16H2,1H3/t20-,21-/m0/s1. The molecule has 0 spiro atoms. The first-order chi connectivity index (χ1) is 13.7. The van der Waals surface area contributed by atoms with E-state index in [1.165, 1.54) is 42.4 Å². The lowest BCUT2D eigenvalue weighted by atomic mass is 9.64. The molecule has 2 bridgehead atoms. The van der Waals surface area contributed by atoms with Gasteiger partial charge in [-0.25, -0.2) is 0 Å². The Morgan fingerprint density at radius 2 is 1.86 bits per heavy atom. The highest BCUT2D eigenvalue weighted by Crippen LogP contribution is 2.49. The van der Waals surface area contributed by atoms with Crippen molar-refractivity contribution in [2.75, 3.05) is 20.2 Å². The Bertz CT molecular complexity index is 837. The molecule has 0 amide bonds. The monoisotopic (exact) mass is 378 g/mol. The van der Waals surface area contributed by atoms with Gasteiger partial charge in [0, 0.05) is 43.2 Å². The molecule has 2 aliphatic carbocycles. The van der Waals surface area contributed by atoms with Crippen molar-refractivity contribution in [1.29, 1.82) is 0 Å². The van der Waals surface area contributed by atoms with E-state index in [0.717, 1.165) is 43.9 Å². The van der Waals surface area contributed by atoms with E-state index in [-0.39, 0.29) is 11.8 Å². The maximum absolute atomic E-state index is 11.7. The third-order valence-electron chi connectivity index (χ3n) is 7.27. The van der Waals surface area contributed by atoms with Crippen molar-refractivity contribution in [3.05, 3.63) is 58.9 Å². The van der Waals surface area contributed by atoms with Crippen LogP contribution >= 0.6 is 0 Å². The Hall–Kier alpha value is -1.91. The molecule has 2 heterocycles. The number of rotatable bonds is 4. The van der Waals surface area contributed by atoms with Crippen LogP contribution in [-0.2, 0) is 25.0 Å². The summed E-state index contributed by atoms with van der Waals surface area (Å²) in [5.74, 6) is 1.52. The fourth-order valence-electron chi connectivity index (χ4n) is 5.90. The molecule has 4 nitrogen and oxygen atoms in total. The SMILES string of the molecule is COc1cc2c(cc1CN1C[C@@H]3CCC[C@@H](C1)C3(O)c1ccccn1)CCC2. The first-order valence-corrected chi connectivity index (χ1v) is 10.7. The molecule has 1 N–H and O–H groups in total. The van der Waals surface area contributed by atoms with E-state index in [1.807, 2.05) is 24.4 Å². The van der Waals surface area contributed by atoms with Crippen molar-refractivity contribution in [3.63, 3.8) is 0 Å². The predicted octanol–water partition coefficient (Wildman–Crippen LogP) is 3.70. The molecule has 1 aromatic heterocycles. The summed E-state index contributed by atoms with van der Waals surface area (Å²) in [6, 6.07) is 10.6. The summed E-state index contributed by atoms with van der Waals surface area (Å²) in [6.07, 6.45) is 8.79. The highest BCUT2D eigenvalue weighted by Gasteiger charge is 2.52. The zero-order valence-corrected chi connectivity index (χ0v) is 16.7. The maximum atomic E-state index is 11.7. The van der Waals surface area contributed by atoms with Crippen LogP contribution in [0.5, 0.6) is 5.75 Å². The number of aryl methyl sites for hydroxylation is 2. The van der Waals surface area contributed by atoms with Crippen molar-refractivity contribution in [2.45, 2.75) is 50.7 Å². The highest BCUT2D eigenvalue weighted by molar-refractivity contribution is 5.45. The van der Waals surface area contributed by atoms with E-state index in [9.17, 15) is 5.11 Å². The van der Waals surface area contributed by atoms with E-state index in [1.54, 1.807) is 7.11 Å². The maximum Gasteiger partial charge on any atom is 0.123 e. The number of piperidine rings is 1. The second kappa shape index (κ2) is 7.16. The van der Waals surface area contributed by atoms with Crippen LogP contribution in [-0.4, -0.2) is 35.2 Å². The first-order valence-electron chi connectivity index (χ1n) is 10.7. The number of aliphatic hydroxyl groups is 1. The topological polar surface area (TPSA) is 45.6 Å². The third kappa shape index (κ3) is 2.94. The van der Waals surface area contributed by atoms with Gasteiger partial charge in [0.2, 0.25) is 0 Å². The average Bonchev–Trinajstić information content (AvgIpc) is 3.16. The van der Waals surface area contributed by atoms with Crippen LogP contribution in [0.1, 0.15) is 48.1 Å². The molecular weight excluding hydrogens is 348 g/mol. The van der Waals surface area contributed by atoms with Crippen LogP contribution in [0.2, 0.25) is 0 Å². The minimum Gasteiger partial charge on any atom is -0.496 e. The largest absolute Gasteiger partial charge is 0.496 e. The minimum absolute atomic E-state index is 0.246. The van der Waals surface area contributed by atoms with Crippen LogP contribution < -0.4 is 4.74 Å². The minimum atomic E-state index is -0.780. The van der Waals surface area contributed by atoms with Crippen LogP contribution in [0.15, 0.2) is 36.5 Å². The summed E-state index contributed by atoms with van der Waals surface area (Å²) < 4.78 is 5.73. The Balaban J connectivity index is 1.40. The van der Waals surface area contributed by atoms with Gasteiger partial charge in [-0.05, 0) is 61.4 Å². The van der Waals surface area contributed by atoms with Gasteiger partial charge in [-0.1, -0.05) is 18.6 Å². The molecule has 5 rings (SSSR count). The van der Waals surface area contributed by atoms with Crippen LogP contribution in [0.3, 0.4) is 0 Å². The van der Waals surface area contributed by atoms with E-state index in [2.05, 4.69) is 22.0 Å². The summed E-state index contributed by atoms with van der Waals surface area (Å²) in [5, 5.41) is 11.7. The van der Waals surface area contributed by atoms with Crippen molar-refractivity contribution >= 4 is 0 Å². The fraction of sp³-hybridized carbons (Fsp3) is 0.542. The number of benzene rings is 1. The number of pyridine rings is 1. The molecule has 0 unspecified atom stereocenters. The lowest BCUT2D eigenvalue weighted by molar-refractivity contribution is -0.151. The van der Waals surface area contributed by atoms with Gasteiger partial charge in [-0.3, -0.25) is 9.88 Å². The van der Waals surface area contributed by atoms with Crippen LogP contribution in [0.25, 0.3) is 0 Å². The molecule has 1 saturated carbocycles. The van der Waals surface area contributed by atoms with Gasteiger partial charge < -0.3 is 9.84 Å². The lowest BCUT2D eigenvalue weighted by Crippen LogP contribution is -2.58. The summed E-state index contributed by atoms with van der Waals surface area (Å²) in [6.45, 7) is 2.75. The van der Waals surface area contributed by atoms with E-state index in [0.29, 0.717) is 0 Å². The average molecular weight is 379 g/mol. The van der Waals surface area contributed by atoms with Gasteiger partial charge in [0.25, 0.3) is 0 Å². The van der Waals surface area contributed by atoms with Crippen molar-refractivity contribution in [3.8, 4) is 5.75 Å². The van der Waals surface area contributed by atoms with E-state index >= 15 is 0 Å². The molecule has 28 heavy (non-hydrogen) atoms. The van der Waals surface area contributed by atoms with Crippen molar-refractivity contribution < 1.29 is 9.84 Å². The molecule has 1 saturated heterocycles. The number of likely N-dealkylation sites (tertiary alicyclic amines) is 1. The normalized spacial score (nSPS) is 29.5. The lowest BCUT2D eigenvalue weighted by Gasteiger charge is -2.52. The number of methoxy groups -OCH3 is 1. The van der Waals surface area contributed by atoms with Gasteiger partial charge in [0.05, 0.1) is 12.8 Å². The molecule has 2 fully saturated rings. The first kappa shape index (κ1) is 18.1. The second-order valence-electron chi connectivity index (χ2n) is 8.85. The quantitative estimate of drug-likeness (QED) is 0.881. The molecular formula is C24H30N2O2. The zero-order valence-electron chi connectivity index (χ0n) is 16.7. The molecule has 3 aliphatic rings. The number of ether oxygens (including phenoxy) is 1. The fourth-order valence-corrected chi connectivity index (χ4v) is 5.90. The molecule has 1 aromatic carbocycles. The highest BCUT2D eigenvalue weighted by atomic mass is 16.5. The molecule has 1 aliphatic heterocycles. The van der Waals surface area contributed by atoms with E-state index in [4.69, 9.17) is 4.74 Å². The number of aromatic nitrogens is 1. The molecule has 0 radical (unpaired) electrons. The van der Waals surface area contributed by atoms with Crippen LogP contribution in [0.4, 0.5) is 0 Å². The van der Waals surface area contributed by atoms with Gasteiger partial charge in [-0.2, -0.15) is 0 Å². The number of hydrogen-bond acceptors (Lipinski definition) is 4. The second-order valence-corrected chi connectivity index (χ2v) is 8.85. The Kier molecular flexibility index (Phi) is 4.64. The van der Waals surface area contributed by atoms with Gasteiger partial charge >= 0.3 is 0 Å². The molecule has 2 aromatic rings. The van der Waals surface area contributed by atoms with E-state index < -0.39 is 5.60 Å². The molecule has 148 valence electrons. The third-order valence-corrected chi connectivity index (χ3v) is 7.27. The van der Waals surface area contributed by atoms with Gasteiger partial charge in [0.15, 0.2) is 0 Å². The summed E-state index contributed by atoms with van der Waals surface area (Å²) in [7, 11) is 1.78.